The van der Waals surface area contributed by atoms with Crippen LogP contribution in [0.1, 0.15) is 27.2 Å². The number of hydrogen-bond acceptors (Lipinski definition) is 3. The summed E-state index contributed by atoms with van der Waals surface area (Å²) in [5, 5.41) is 6.35. The lowest BCUT2D eigenvalue weighted by atomic mass is 9.92. The Balaban J connectivity index is 2.44. The summed E-state index contributed by atoms with van der Waals surface area (Å²) in [5.41, 5.74) is 0.369. The molecule has 3 nitrogen and oxygen atoms in total. The standard InChI is InChI=1S/C12H21N3/c1-12(2,3)8-9-14-11-7-5-6-10(13-4)15-11/h5-7H,8-9H2,1-4H3,(H2,13,14,15). The summed E-state index contributed by atoms with van der Waals surface area (Å²) in [6.45, 7) is 7.69. The molecule has 1 heterocycles. The predicted octanol–water partition coefficient (Wildman–Crippen LogP) is 2.97. The maximum atomic E-state index is 4.39. The normalized spacial score (nSPS) is 11.2. The van der Waals surface area contributed by atoms with Gasteiger partial charge in [-0.1, -0.05) is 26.8 Å². The SMILES string of the molecule is CNc1cccc(NCCC(C)(C)C)n1. The van der Waals surface area contributed by atoms with Crippen LogP contribution in [0.3, 0.4) is 0 Å². The molecule has 0 saturated carbocycles. The van der Waals surface area contributed by atoms with Gasteiger partial charge in [0, 0.05) is 13.6 Å². The van der Waals surface area contributed by atoms with Crippen LogP contribution in [0.4, 0.5) is 11.6 Å². The molecule has 0 saturated heterocycles. The first-order valence-corrected chi connectivity index (χ1v) is 5.40. The van der Waals surface area contributed by atoms with Gasteiger partial charge in [0.25, 0.3) is 0 Å². The molecular weight excluding hydrogens is 186 g/mol. The Labute approximate surface area is 92.3 Å². The largest absolute Gasteiger partial charge is 0.373 e. The maximum Gasteiger partial charge on any atom is 0.128 e. The van der Waals surface area contributed by atoms with E-state index in [1.54, 1.807) is 0 Å². The smallest absolute Gasteiger partial charge is 0.128 e. The van der Waals surface area contributed by atoms with E-state index < -0.39 is 0 Å². The molecular formula is C12H21N3. The van der Waals surface area contributed by atoms with Crippen molar-refractivity contribution < 1.29 is 0 Å². The second-order valence-corrected chi connectivity index (χ2v) is 4.90. The molecule has 0 fully saturated rings. The van der Waals surface area contributed by atoms with Gasteiger partial charge in [-0.15, -0.1) is 0 Å². The molecule has 3 heteroatoms. The van der Waals surface area contributed by atoms with Crippen LogP contribution in [-0.2, 0) is 0 Å². The van der Waals surface area contributed by atoms with Crippen LogP contribution in [-0.4, -0.2) is 18.6 Å². The average Bonchev–Trinajstić information content (AvgIpc) is 2.16. The van der Waals surface area contributed by atoms with Crippen molar-refractivity contribution in [3.8, 4) is 0 Å². The Hall–Kier alpha value is -1.25. The zero-order chi connectivity index (χ0) is 11.3. The molecule has 0 amide bonds. The second-order valence-electron chi connectivity index (χ2n) is 4.90. The minimum absolute atomic E-state index is 0.369. The van der Waals surface area contributed by atoms with Crippen LogP contribution in [0.25, 0.3) is 0 Å². The fourth-order valence-corrected chi connectivity index (χ4v) is 1.24. The van der Waals surface area contributed by atoms with Crippen molar-refractivity contribution in [1.82, 2.24) is 4.98 Å². The van der Waals surface area contributed by atoms with E-state index in [0.717, 1.165) is 24.6 Å². The maximum absolute atomic E-state index is 4.39. The number of nitrogens with zero attached hydrogens (tertiary/aromatic N) is 1. The van der Waals surface area contributed by atoms with E-state index in [1.807, 2.05) is 25.2 Å². The van der Waals surface area contributed by atoms with E-state index in [2.05, 4.69) is 36.4 Å². The van der Waals surface area contributed by atoms with Gasteiger partial charge in [-0.25, -0.2) is 4.98 Å². The molecule has 0 aliphatic rings. The molecule has 15 heavy (non-hydrogen) atoms. The van der Waals surface area contributed by atoms with Crippen molar-refractivity contribution in [1.29, 1.82) is 0 Å². The molecule has 0 aromatic carbocycles. The number of pyridine rings is 1. The first-order chi connectivity index (χ1) is 7.01. The molecule has 1 aromatic rings. The summed E-state index contributed by atoms with van der Waals surface area (Å²) in [6, 6.07) is 5.94. The lowest BCUT2D eigenvalue weighted by Crippen LogP contribution is -2.13. The van der Waals surface area contributed by atoms with Crippen molar-refractivity contribution in [2.45, 2.75) is 27.2 Å². The van der Waals surface area contributed by atoms with Crippen LogP contribution in [0.2, 0.25) is 0 Å². The predicted molar refractivity (Wildman–Crippen MR) is 66.3 cm³/mol. The van der Waals surface area contributed by atoms with Crippen LogP contribution < -0.4 is 10.6 Å². The van der Waals surface area contributed by atoms with Crippen molar-refractivity contribution in [3.05, 3.63) is 18.2 Å². The van der Waals surface area contributed by atoms with Gasteiger partial charge >= 0.3 is 0 Å². The van der Waals surface area contributed by atoms with Crippen LogP contribution in [0.15, 0.2) is 18.2 Å². The van der Waals surface area contributed by atoms with Crippen LogP contribution in [0, 0.1) is 5.41 Å². The highest BCUT2D eigenvalue weighted by molar-refractivity contribution is 5.44. The molecule has 0 unspecified atom stereocenters. The van der Waals surface area contributed by atoms with Gasteiger partial charge in [-0.2, -0.15) is 0 Å². The topological polar surface area (TPSA) is 37.0 Å². The van der Waals surface area contributed by atoms with Crippen molar-refractivity contribution >= 4 is 11.6 Å². The molecule has 0 aliphatic carbocycles. The molecule has 84 valence electrons. The Morgan fingerprint density at radius 2 is 1.87 bits per heavy atom. The Morgan fingerprint density at radius 3 is 2.47 bits per heavy atom. The zero-order valence-corrected chi connectivity index (χ0v) is 10.1. The monoisotopic (exact) mass is 207 g/mol. The Kier molecular flexibility index (Phi) is 3.95. The molecule has 1 aromatic heterocycles. The third-order valence-corrected chi connectivity index (χ3v) is 2.19. The molecule has 0 spiro atoms. The van der Waals surface area contributed by atoms with Gasteiger partial charge in [0.2, 0.25) is 0 Å². The Bertz CT molecular complexity index is 302. The lowest BCUT2D eigenvalue weighted by Gasteiger charge is -2.18. The summed E-state index contributed by atoms with van der Waals surface area (Å²) < 4.78 is 0. The summed E-state index contributed by atoms with van der Waals surface area (Å²) in [4.78, 5) is 4.39. The molecule has 0 aliphatic heterocycles. The van der Waals surface area contributed by atoms with Crippen molar-refractivity contribution in [3.63, 3.8) is 0 Å². The number of nitrogens with one attached hydrogen (secondary N) is 2. The lowest BCUT2D eigenvalue weighted by molar-refractivity contribution is 0.389. The molecule has 0 radical (unpaired) electrons. The summed E-state index contributed by atoms with van der Waals surface area (Å²) in [6.07, 6.45) is 1.14. The van der Waals surface area contributed by atoms with Crippen LogP contribution in [0.5, 0.6) is 0 Å². The van der Waals surface area contributed by atoms with E-state index in [9.17, 15) is 0 Å². The molecule has 1 rings (SSSR count). The number of rotatable bonds is 4. The van der Waals surface area contributed by atoms with Crippen LogP contribution >= 0.6 is 0 Å². The van der Waals surface area contributed by atoms with Gasteiger partial charge in [-0.3, -0.25) is 0 Å². The first-order valence-electron chi connectivity index (χ1n) is 5.40. The number of aromatic nitrogens is 1. The van der Waals surface area contributed by atoms with E-state index in [0.29, 0.717) is 5.41 Å². The number of anilines is 2. The van der Waals surface area contributed by atoms with Gasteiger partial charge in [0.15, 0.2) is 0 Å². The minimum Gasteiger partial charge on any atom is -0.373 e. The van der Waals surface area contributed by atoms with Gasteiger partial charge in [0.05, 0.1) is 0 Å². The number of hydrogen-bond donors (Lipinski definition) is 2. The molecule has 0 bridgehead atoms. The highest BCUT2D eigenvalue weighted by Crippen LogP contribution is 2.18. The van der Waals surface area contributed by atoms with E-state index in [4.69, 9.17) is 0 Å². The summed E-state index contributed by atoms with van der Waals surface area (Å²) in [5.74, 6) is 1.84. The highest BCUT2D eigenvalue weighted by atomic mass is 15.0. The summed E-state index contributed by atoms with van der Waals surface area (Å²) >= 11 is 0. The first kappa shape index (κ1) is 11.8. The van der Waals surface area contributed by atoms with Gasteiger partial charge < -0.3 is 10.6 Å². The molecule has 0 atom stereocenters. The quantitative estimate of drug-likeness (QED) is 0.797. The average molecular weight is 207 g/mol. The van der Waals surface area contributed by atoms with Gasteiger partial charge in [-0.05, 0) is 24.0 Å². The van der Waals surface area contributed by atoms with E-state index in [1.165, 1.54) is 0 Å². The Morgan fingerprint density at radius 1 is 1.20 bits per heavy atom. The molecule has 2 N–H and O–H groups in total. The van der Waals surface area contributed by atoms with Crippen molar-refractivity contribution in [2.75, 3.05) is 24.2 Å². The third-order valence-electron chi connectivity index (χ3n) is 2.19. The summed E-state index contributed by atoms with van der Waals surface area (Å²) in [7, 11) is 1.88. The van der Waals surface area contributed by atoms with Gasteiger partial charge in [0.1, 0.15) is 11.6 Å². The third kappa shape index (κ3) is 4.68. The van der Waals surface area contributed by atoms with Crippen molar-refractivity contribution in [2.24, 2.45) is 5.41 Å². The zero-order valence-electron chi connectivity index (χ0n) is 10.1. The fourth-order valence-electron chi connectivity index (χ4n) is 1.24. The van der Waals surface area contributed by atoms with E-state index in [-0.39, 0.29) is 0 Å². The highest BCUT2D eigenvalue weighted by Gasteiger charge is 2.08. The van der Waals surface area contributed by atoms with E-state index >= 15 is 0 Å². The fraction of sp³-hybridized carbons (Fsp3) is 0.583. The second kappa shape index (κ2) is 5.01. The minimum atomic E-state index is 0.369.